The molecular weight excluding hydrogens is 339 g/mol. The second kappa shape index (κ2) is 6.78. The van der Waals surface area contributed by atoms with Crippen LogP contribution in [0.25, 0.3) is 0 Å². The fraction of sp³-hybridized carbons (Fsp3) is 0.0714. The van der Waals surface area contributed by atoms with Crippen molar-refractivity contribution in [1.29, 1.82) is 0 Å². The molecule has 0 unspecified atom stereocenters. The van der Waals surface area contributed by atoms with Crippen molar-refractivity contribution < 1.29 is 26.7 Å². The van der Waals surface area contributed by atoms with Crippen molar-refractivity contribution in [2.75, 3.05) is 10.6 Å². The van der Waals surface area contributed by atoms with E-state index < -0.39 is 18.0 Å². The van der Waals surface area contributed by atoms with Gasteiger partial charge in [0.05, 0.1) is 0 Å². The number of halogens is 5. The van der Waals surface area contributed by atoms with Crippen LogP contribution in [0.2, 0.25) is 0 Å². The van der Waals surface area contributed by atoms with Crippen molar-refractivity contribution in [3.8, 4) is 5.75 Å². The predicted molar refractivity (Wildman–Crippen MR) is 79.3 cm³/mol. The van der Waals surface area contributed by atoms with E-state index >= 15 is 0 Å². The topological polar surface area (TPSA) is 33.3 Å². The minimum atomic E-state index is -4.77. The maximum atomic E-state index is 13.0. The zero-order chi connectivity index (χ0) is 17.0. The van der Waals surface area contributed by atoms with Gasteiger partial charge in [0.2, 0.25) is 0 Å². The molecular formula is C14H9F5N2OS. The fourth-order valence-corrected chi connectivity index (χ4v) is 1.90. The second-order valence-corrected chi connectivity index (χ2v) is 4.72. The molecule has 0 aliphatic heterocycles. The molecule has 23 heavy (non-hydrogen) atoms. The van der Waals surface area contributed by atoms with E-state index in [1.807, 2.05) is 0 Å². The number of rotatable bonds is 3. The van der Waals surface area contributed by atoms with Crippen molar-refractivity contribution in [1.82, 2.24) is 0 Å². The van der Waals surface area contributed by atoms with Crippen LogP contribution in [0.5, 0.6) is 5.75 Å². The van der Waals surface area contributed by atoms with Gasteiger partial charge in [-0.1, -0.05) is 0 Å². The molecule has 2 aromatic rings. The second-order valence-electron chi connectivity index (χ2n) is 4.31. The van der Waals surface area contributed by atoms with E-state index in [-0.39, 0.29) is 16.5 Å². The Labute approximate surface area is 133 Å². The van der Waals surface area contributed by atoms with E-state index in [1.165, 1.54) is 12.1 Å². The molecule has 122 valence electrons. The van der Waals surface area contributed by atoms with E-state index in [1.54, 1.807) is 0 Å². The Balaban J connectivity index is 1.97. The summed E-state index contributed by atoms with van der Waals surface area (Å²) in [6, 6.07) is 7.60. The van der Waals surface area contributed by atoms with Crippen LogP contribution in [0.4, 0.5) is 33.3 Å². The van der Waals surface area contributed by atoms with Crippen molar-refractivity contribution >= 4 is 28.7 Å². The fourth-order valence-electron chi connectivity index (χ4n) is 1.66. The first kappa shape index (κ1) is 16.9. The molecule has 0 aliphatic rings. The van der Waals surface area contributed by atoms with Crippen LogP contribution in [0.3, 0.4) is 0 Å². The number of ether oxygens (including phenoxy) is 1. The first-order valence-corrected chi connectivity index (χ1v) is 6.52. The number of anilines is 2. The summed E-state index contributed by atoms with van der Waals surface area (Å²) >= 11 is 4.95. The summed E-state index contributed by atoms with van der Waals surface area (Å²) in [6.45, 7) is 0. The summed E-state index contributed by atoms with van der Waals surface area (Å²) in [4.78, 5) is 0. The number of hydrogen-bond acceptors (Lipinski definition) is 2. The summed E-state index contributed by atoms with van der Waals surface area (Å²) in [7, 11) is 0. The Morgan fingerprint density at radius 2 is 1.39 bits per heavy atom. The number of thiocarbonyl (C=S) groups is 1. The minimum absolute atomic E-state index is 0.0134. The van der Waals surface area contributed by atoms with E-state index in [4.69, 9.17) is 12.2 Å². The van der Waals surface area contributed by atoms with Gasteiger partial charge in [-0.15, -0.1) is 13.2 Å². The Bertz CT molecular complexity index is 683. The summed E-state index contributed by atoms with van der Waals surface area (Å²) in [6.07, 6.45) is -4.77. The molecule has 0 atom stereocenters. The number of benzene rings is 2. The molecule has 0 bridgehead atoms. The zero-order valence-corrected chi connectivity index (χ0v) is 12.1. The Morgan fingerprint density at radius 3 is 1.91 bits per heavy atom. The number of nitrogens with one attached hydrogen (secondary N) is 2. The third-order valence-electron chi connectivity index (χ3n) is 2.47. The molecule has 9 heteroatoms. The van der Waals surface area contributed by atoms with Crippen LogP contribution in [-0.4, -0.2) is 11.5 Å². The van der Waals surface area contributed by atoms with Gasteiger partial charge in [0.1, 0.15) is 17.4 Å². The van der Waals surface area contributed by atoms with Crippen LogP contribution in [0, 0.1) is 11.6 Å². The lowest BCUT2D eigenvalue weighted by Crippen LogP contribution is -2.19. The standard InChI is InChI=1S/C14H9F5N2OS/c15-8-5-9(16)7-11(6-8)21-13(23)20-10-1-3-12(4-2-10)22-14(17,18)19/h1-7H,(H2,20,21,23). The van der Waals surface area contributed by atoms with Gasteiger partial charge in [0.25, 0.3) is 0 Å². The average molecular weight is 348 g/mol. The molecule has 0 saturated heterocycles. The van der Waals surface area contributed by atoms with Gasteiger partial charge >= 0.3 is 6.36 Å². The molecule has 2 aromatic carbocycles. The summed E-state index contributed by atoms with van der Waals surface area (Å²) in [5.41, 5.74) is 0.464. The number of hydrogen-bond donors (Lipinski definition) is 2. The molecule has 2 N–H and O–H groups in total. The normalized spacial score (nSPS) is 11.0. The van der Waals surface area contributed by atoms with Gasteiger partial charge in [-0.3, -0.25) is 0 Å². The van der Waals surface area contributed by atoms with Gasteiger partial charge in [0, 0.05) is 17.4 Å². The molecule has 2 rings (SSSR count). The first-order valence-electron chi connectivity index (χ1n) is 6.11. The van der Waals surface area contributed by atoms with Gasteiger partial charge in [-0.25, -0.2) is 8.78 Å². The van der Waals surface area contributed by atoms with E-state index in [9.17, 15) is 22.0 Å². The van der Waals surface area contributed by atoms with Gasteiger partial charge < -0.3 is 15.4 Å². The minimum Gasteiger partial charge on any atom is -0.406 e. The molecule has 0 spiro atoms. The van der Waals surface area contributed by atoms with Gasteiger partial charge in [-0.2, -0.15) is 0 Å². The third kappa shape index (κ3) is 5.70. The Kier molecular flexibility index (Phi) is 4.99. The maximum absolute atomic E-state index is 13.0. The molecule has 3 nitrogen and oxygen atoms in total. The highest BCUT2D eigenvalue weighted by atomic mass is 32.1. The Morgan fingerprint density at radius 1 is 0.870 bits per heavy atom. The van der Waals surface area contributed by atoms with Crippen LogP contribution in [0.1, 0.15) is 0 Å². The van der Waals surface area contributed by atoms with Crippen LogP contribution in [0.15, 0.2) is 42.5 Å². The molecule has 0 aromatic heterocycles. The van der Waals surface area contributed by atoms with Crippen LogP contribution in [-0.2, 0) is 0 Å². The molecule has 0 radical (unpaired) electrons. The van der Waals surface area contributed by atoms with E-state index in [0.717, 1.165) is 24.3 Å². The number of alkyl halides is 3. The van der Waals surface area contributed by atoms with Crippen molar-refractivity contribution in [2.45, 2.75) is 6.36 Å². The SMILES string of the molecule is Fc1cc(F)cc(NC(=S)Nc2ccc(OC(F)(F)F)cc2)c1. The molecule has 0 heterocycles. The summed E-state index contributed by atoms with van der Waals surface area (Å²) < 4.78 is 65.9. The zero-order valence-electron chi connectivity index (χ0n) is 11.2. The lowest BCUT2D eigenvalue weighted by molar-refractivity contribution is -0.274. The van der Waals surface area contributed by atoms with Crippen molar-refractivity contribution in [3.63, 3.8) is 0 Å². The third-order valence-corrected chi connectivity index (χ3v) is 2.67. The monoisotopic (exact) mass is 348 g/mol. The molecule has 0 amide bonds. The lowest BCUT2D eigenvalue weighted by atomic mass is 10.3. The quantitative estimate of drug-likeness (QED) is 0.624. The van der Waals surface area contributed by atoms with E-state index in [2.05, 4.69) is 15.4 Å². The highest BCUT2D eigenvalue weighted by Crippen LogP contribution is 2.24. The summed E-state index contributed by atoms with van der Waals surface area (Å²) in [5.74, 6) is -1.93. The molecule has 0 aliphatic carbocycles. The largest absolute Gasteiger partial charge is 0.573 e. The summed E-state index contributed by atoms with van der Waals surface area (Å²) in [5, 5.41) is 5.23. The van der Waals surface area contributed by atoms with E-state index in [0.29, 0.717) is 11.8 Å². The molecule has 0 fully saturated rings. The average Bonchev–Trinajstić information content (AvgIpc) is 2.38. The highest BCUT2D eigenvalue weighted by Gasteiger charge is 2.30. The highest BCUT2D eigenvalue weighted by molar-refractivity contribution is 7.80. The van der Waals surface area contributed by atoms with Crippen molar-refractivity contribution in [2.24, 2.45) is 0 Å². The Hall–Kier alpha value is -2.42. The molecule has 0 saturated carbocycles. The van der Waals surface area contributed by atoms with Crippen LogP contribution < -0.4 is 15.4 Å². The maximum Gasteiger partial charge on any atom is 0.573 e. The lowest BCUT2D eigenvalue weighted by Gasteiger charge is -2.12. The first-order chi connectivity index (χ1) is 10.7. The smallest absolute Gasteiger partial charge is 0.406 e. The van der Waals surface area contributed by atoms with Crippen molar-refractivity contribution in [3.05, 3.63) is 54.1 Å². The van der Waals surface area contributed by atoms with Gasteiger partial charge in [-0.05, 0) is 48.6 Å². The van der Waals surface area contributed by atoms with Crippen LogP contribution >= 0.6 is 12.2 Å². The van der Waals surface area contributed by atoms with Gasteiger partial charge in [0.15, 0.2) is 5.11 Å². The predicted octanol–water partition coefficient (Wildman–Crippen LogP) is 4.67.